The summed E-state index contributed by atoms with van der Waals surface area (Å²) in [5.41, 5.74) is 7.99. The molecule has 2 unspecified atom stereocenters. The van der Waals surface area contributed by atoms with Gasteiger partial charge in [-0.05, 0) is 42.9 Å². The summed E-state index contributed by atoms with van der Waals surface area (Å²) in [6, 6.07) is 13.1. The van der Waals surface area contributed by atoms with E-state index in [1.807, 2.05) is 43.3 Å². The maximum absolute atomic E-state index is 12.2. The quantitative estimate of drug-likeness (QED) is 0.470. The van der Waals surface area contributed by atoms with Crippen molar-refractivity contribution in [2.45, 2.75) is 45.2 Å². The molecule has 9 nitrogen and oxygen atoms in total. The molecule has 10 heteroatoms. The van der Waals surface area contributed by atoms with Crippen LogP contribution in [-0.2, 0) is 10.0 Å². The summed E-state index contributed by atoms with van der Waals surface area (Å²) in [6.45, 7) is 6.27. The van der Waals surface area contributed by atoms with Crippen LogP contribution in [0.3, 0.4) is 0 Å². The summed E-state index contributed by atoms with van der Waals surface area (Å²) >= 11 is 0. The third-order valence-corrected chi connectivity index (χ3v) is 7.80. The fourth-order valence-corrected chi connectivity index (χ4v) is 4.52. The predicted octanol–water partition coefficient (Wildman–Crippen LogP) is 3.79. The molecule has 2 heterocycles. The first kappa shape index (κ1) is 24.2. The predicted molar refractivity (Wildman–Crippen MR) is 133 cm³/mol. The van der Waals surface area contributed by atoms with E-state index >= 15 is 0 Å². The van der Waals surface area contributed by atoms with E-state index in [1.165, 1.54) is 7.05 Å². The van der Waals surface area contributed by atoms with E-state index in [9.17, 15) is 8.42 Å². The van der Waals surface area contributed by atoms with Gasteiger partial charge in [-0.15, -0.1) is 10.2 Å². The van der Waals surface area contributed by atoms with Gasteiger partial charge in [-0.3, -0.25) is 4.31 Å². The van der Waals surface area contributed by atoms with E-state index in [0.29, 0.717) is 29.1 Å². The molecule has 0 bridgehead atoms. The number of hydrogen-bond acceptors (Lipinski definition) is 8. The SMILES string of the molecule is CC(Nc1cc(-c2nnc([C@H](C)C(N)c3ccccc3)o2)cc(N(C)S(C)(=O)=O)n1)[C@H]1C[C@@H]1C. The van der Waals surface area contributed by atoms with E-state index in [2.05, 4.69) is 34.3 Å². The Kier molecular flexibility index (Phi) is 6.64. The Balaban J connectivity index is 1.65. The van der Waals surface area contributed by atoms with Crippen molar-refractivity contribution in [2.24, 2.45) is 17.6 Å². The van der Waals surface area contributed by atoms with Gasteiger partial charge in [0.25, 0.3) is 0 Å². The van der Waals surface area contributed by atoms with Crippen molar-refractivity contribution < 1.29 is 12.8 Å². The van der Waals surface area contributed by atoms with Crippen molar-refractivity contribution in [3.8, 4) is 11.5 Å². The van der Waals surface area contributed by atoms with Gasteiger partial charge < -0.3 is 15.5 Å². The van der Waals surface area contributed by atoms with Crippen LogP contribution >= 0.6 is 0 Å². The van der Waals surface area contributed by atoms with Crippen LogP contribution in [0.2, 0.25) is 0 Å². The maximum Gasteiger partial charge on any atom is 0.248 e. The number of nitrogens with zero attached hydrogens (tertiary/aromatic N) is 4. The summed E-state index contributed by atoms with van der Waals surface area (Å²) in [7, 11) is -2.03. The number of benzene rings is 1. The Morgan fingerprint density at radius 1 is 1.18 bits per heavy atom. The van der Waals surface area contributed by atoms with Gasteiger partial charge in [-0.25, -0.2) is 13.4 Å². The average molecular weight is 485 g/mol. The minimum Gasteiger partial charge on any atom is -0.420 e. The molecule has 0 amide bonds. The first-order valence-electron chi connectivity index (χ1n) is 11.4. The maximum atomic E-state index is 12.2. The Morgan fingerprint density at radius 3 is 2.47 bits per heavy atom. The first-order chi connectivity index (χ1) is 16.0. The number of pyridine rings is 1. The number of nitrogens with one attached hydrogen (secondary N) is 1. The lowest BCUT2D eigenvalue weighted by Crippen LogP contribution is -2.26. The molecule has 1 saturated carbocycles. The zero-order valence-electron chi connectivity index (χ0n) is 20.1. The van der Waals surface area contributed by atoms with Crippen molar-refractivity contribution in [1.29, 1.82) is 0 Å². The Hall–Kier alpha value is -2.98. The lowest BCUT2D eigenvalue weighted by atomic mass is 9.95. The molecule has 34 heavy (non-hydrogen) atoms. The van der Waals surface area contributed by atoms with Crippen LogP contribution in [0, 0.1) is 11.8 Å². The second-order valence-electron chi connectivity index (χ2n) is 9.31. The van der Waals surface area contributed by atoms with Gasteiger partial charge in [0.1, 0.15) is 11.6 Å². The van der Waals surface area contributed by atoms with E-state index < -0.39 is 10.0 Å². The zero-order chi connectivity index (χ0) is 24.6. The fraction of sp³-hybridized carbons (Fsp3) is 0.458. The molecule has 0 saturated heterocycles. The lowest BCUT2D eigenvalue weighted by molar-refractivity contribution is 0.431. The van der Waals surface area contributed by atoms with Gasteiger partial charge in [0.05, 0.1) is 12.2 Å². The summed E-state index contributed by atoms with van der Waals surface area (Å²) in [5, 5.41) is 11.9. The van der Waals surface area contributed by atoms with Gasteiger partial charge in [0.2, 0.25) is 21.8 Å². The van der Waals surface area contributed by atoms with Gasteiger partial charge in [0.15, 0.2) is 0 Å². The number of hydrogen-bond donors (Lipinski definition) is 2. The molecule has 1 aromatic carbocycles. The smallest absolute Gasteiger partial charge is 0.248 e. The van der Waals surface area contributed by atoms with E-state index in [-0.39, 0.29) is 29.7 Å². The molecular weight excluding hydrogens is 452 g/mol. The molecule has 3 N–H and O–H groups in total. The average Bonchev–Trinajstić information content (AvgIpc) is 3.34. The number of anilines is 2. The van der Waals surface area contributed by atoms with Crippen molar-refractivity contribution in [2.75, 3.05) is 22.9 Å². The molecule has 0 radical (unpaired) electrons. The van der Waals surface area contributed by atoms with Crippen LogP contribution in [0.1, 0.15) is 50.6 Å². The molecule has 0 spiro atoms. The van der Waals surface area contributed by atoms with Crippen molar-refractivity contribution in [1.82, 2.24) is 15.2 Å². The Labute approximate surface area is 200 Å². The fourth-order valence-electron chi connectivity index (χ4n) is 4.09. The molecule has 1 aliphatic carbocycles. The molecule has 1 fully saturated rings. The third-order valence-electron chi connectivity index (χ3n) is 6.62. The third kappa shape index (κ3) is 5.23. The zero-order valence-corrected chi connectivity index (χ0v) is 21.0. The summed E-state index contributed by atoms with van der Waals surface area (Å²) in [5.74, 6) is 2.54. The molecule has 4 rings (SSSR count). The van der Waals surface area contributed by atoms with Crippen LogP contribution in [0.25, 0.3) is 11.5 Å². The number of nitrogens with two attached hydrogens (primary N) is 1. The second kappa shape index (κ2) is 9.34. The van der Waals surface area contributed by atoms with E-state index in [1.54, 1.807) is 6.07 Å². The molecule has 3 aromatic rings. The first-order valence-corrected chi connectivity index (χ1v) is 13.3. The normalized spacial score (nSPS) is 20.4. The van der Waals surface area contributed by atoms with E-state index in [4.69, 9.17) is 10.2 Å². The summed E-state index contributed by atoms with van der Waals surface area (Å²) in [6.07, 6.45) is 2.30. The largest absolute Gasteiger partial charge is 0.420 e. The van der Waals surface area contributed by atoms with Gasteiger partial charge >= 0.3 is 0 Å². The van der Waals surface area contributed by atoms with Crippen LogP contribution in [0.5, 0.6) is 0 Å². The van der Waals surface area contributed by atoms with Gasteiger partial charge in [-0.2, -0.15) is 0 Å². The van der Waals surface area contributed by atoms with Crippen molar-refractivity contribution in [3.63, 3.8) is 0 Å². The van der Waals surface area contributed by atoms with E-state index in [0.717, 1.165) is 22.5 Å². The van der Waals surface area contributed by atoms with Crippen LogP contribution in [0.15, 0.2) is 46.9 Å². The van der Waals surface area contributed by atoms with Gasteiger partial charge in [-0.1, -0.05) is 44.2 Å². The van der Waals surface area contributed by atoms with Crippen molar-refractivity contribution in [3.05, 3.63) is 53.9 Å². The monoisotopic (exact) mass is 484 g/mol. The Bertz CT molecular complexity index is 1250. The topological polar surface area (TPSA) is 127 Å². The minimum atomic E-state index is -3.50. The molecule has 5 atom stereocenters. The highest BCUT2D eigenvalue weighted by Gasteiger charge is 2.37. The van der Waals surface area contributed by atoms with Crippen molar-refractivity contribution >= 4 is 21.7 Å². The highest BCUT2D eigenvalue weighted by molar-refractivity contribution is 7.92. The second-order valence-corrected chi connectivity index (χ2v) is 11.3. The standard InChI is InChI=1S/C24H32N6O3S/c1-14-11-19(14)16(3)26-20-12-18(13-21(27-20)30(4)34(5,31)32)24-29-28-23(33-24)15(2)22(25)17-9-7-6-8-10-17/h6-10,12-16,19,22H,11,25H2,1-5H3,(H,26,27)/t14-,15+,16?,19-,22?/m0/s1. The highest BCUT2D eigenvalue weighted by atomic mass is 32.2. The minimum absolute atomic E-state index is 0.205. The molecular formula is C24H32N6O3S. The van der Waals surface area contributed by atoms with Crippen LogP contribution < -0.4 is 15.4 Å². The summed E-state index contributed by atoms with van der Waals surface area (Å²) in [4.78, 5) is 4.54. The molecule has 1 aliphatic rings. The van der Waals surface area contributed by atoms with Crippen LogP contribution in [0.4, 0.5) is 11.6 Å². The molecule has 0 aliphatic heterocycles. The molecule has 182 valence electrons. The lowest BCUT2D eigenvalue weighted by Gasteiger charge is -2.19. The molecule has 2 aromatic heterocycles. The number of aromatic nitrogens is 3. The summed E-state index contributed by atoms with van der Waals surface area (Å²) < 4.78 is 31.5. The Morgan fingerprint density at radius 2 is 1.85 bits per heavy atom. The number of sulfonamides is 1. The van der Waals surface area contributed by atoms with Gasteiger partial charge in [0, 0.05) is 24.7 Å². The van der Waals surface area contributed by atoms with Crippen LogP contribution in [-0.4, -0.2) is 42.9 Å². The highest BCUT2D eigenvalue weighted by Crippen LogP contribution is 2.41. The number of rotatable bonds is 9.